The van der Waals surface area contributed by atoms with Crippen molar-refractivity contribution in [1.82, 2.24) is 0 Å². The minimum Gasteiger partial charge on any atom is -0.389 e. The van der Waals surface area contributed by atoms with Gasteiger partial charge in [-0.2, -0.15) is 0 Å². The maximum atomic E-state index is 13.8. The van der Waals surface area contributed by atoms with E-state index in [4.69, 9.17) is 0 Å². The van der Waals surface area contributed by atoms with Gasteiger partial charge >= 0.3 is 0 Å². The number of benzene rings is 1. The predicted molar refractivity (Wildman–Crippen MR) is 85.3 cm³/mol. The summed E-state index contributed by atoms with van der Waals surface area (Å²) >= 11 is 1.73. The van der Waals surface area contributed by atoms with Crippen molar-refractivity contribution in [2.24, 2.45) is 0 Å². The van der Waals surface area contributed by atoms with Crippen LogP contribution in [-0.4, -0.2) is 11.1 Å². The molecule has 0 spiro atoms. The van der Waals surface area contributed by atoms with Gasteiger partial charge in [-0.3, -0.25) is 0 Å². The summed E-state index contributed by atoms with van der Waals surface area (Å²) in [5, 5.41) is 12.1. The fourth-order valence-corrected chi connectivity index (χ4v) is 3.34. The first kappa shape index (κ1) is 14.5. The summed E-state index contributed by atoms with van der Waals surface area (Å²) in [6.07, 6.45) is 1.67. The van der Waals surface area contributed by atoms with Crippen LogP contribution in [0.25, 0.3) is 0 Å². The Bertz CT molecular complexity index is 620. The first-order chi connectivity index (χ1) is 10.1. The zero-order chi connectivity index (χ0) is 15.0. The highest BCUT2D eigenvalue weighted by molar-refractivity contribution is 7.09. The number of aliphatic hydroxyl groups is 1. The Morgan fingerprint density at radius 2 is 2.19 bits per heavy atom. The molecule has 1 atom stereocenters. The van der Waals surface area contributed by atoms with Gasteiger partial charge in [0, 0.05) is 22.2 Å². The lowest BCUT2D eigenvalue weighted by atomic mass is 10.0. The van der Waals surface area contributed by atoms with Crippen LogP contribution in [0.3, 0.4) is 0 Å². The molecule has 21 heavy (non-hydrogen) atoms. The third-order valence-electron chi connectivity index (χ3n) is 3.96. The van der Waals surface area contributed by atoms with E-state index < -0.39 is 6.10 Å². The normalized spacial score (nSPS) is 16.0. The van der Waals surface area contributed by atoms with E-state index in [9.17, 15) is 9.50 Å². The van der Waals surface area contributed by atoms with E-state index in [0.29, 0.717) is 17.2 Å². The molecular weight excluding hydrogens is 285 g/mol. The standard InChI is InChI=1S/C17H20FNOS/c1-11-8-17(15(12(2)20)9-16(11)18)19(13-5-6-13)10-14-4-3-7-21-14/h3-4,7-9,12-13,20H,5-6,10H2,1-2H3. The lowest BCUT2D eigenvalue weighted by Crippen LogP contribution is -2.26. The van der Waals surface area contributed by atoms with Gasteiger partial charge < -0.3 is 10.0 Å². The van der Waals surface area contributed by atoms with Gasteiger partial charge in [0.2, 0.25) is 0 Å². The van der Waals surface area contributed by atoms with Crippen molar-refractivity contribution in [1.29, 1.82) is 0 Å². The third kappa shape index (κ3) is 3.11. The van der Waals surface area contributed by atoms with Gasteiger partial charge in [0.15, 0.2) is 0 Å². The monoisotopic (exact) mass is 305 g/mol. The highest BCUT2D eigenvalue weighted by atomic mass is 32.1. The molecule has 2 aromatic rings. The number of aliphatic hydroxyl groups excluding tert-OH is 1. The maximum Gasteiger partial charge on any atom is 0.126 e. The highest BCUT2D eigenvalue weighted by Crippen LogP contribution is 2.38. The summed E-state index contributed by atoms with van der Waals surface area (Å²) < 4.78 is 13.8. The van der Waals surface area contributed by atoms with E-state index in [0.717, 1.165) is 12.2 Å². The van der Waals surface area contributed by atoms with Gasteiger partial charge in [-0.1, -0.05) is 6.07 Å². The number of aryl methyl sites for hydroxylation is 1. The molecule has 1 heterocycles. The van der Waals surface area contributed by atoms with Gasteiger partial charge in [0.1, 0.15) is 5.82 Å². The molecule has 4 heteroatoms. The van der Waals surface area contributed by atoms with Gasteiger partial charge in [0.25, 0.3) is 0 Å². The van der Waals surface area contributed by atoms with Crippen molar-refractivity contribution in [3.8, 4) is 0 Å². The second kappa shape index (κ2) is 5.78. The number of nitrogens with zero attached hydrogens (tertiary/aromatic N) is 1. The van der Waals surface area contributed by atoms with E-state index in [1.54, 1.807) is 25.2 Å². The first-order valence-electron chi connectivity index (χ1n) is 7.33. The number of anilines is 1. The molecule has 1 aromatic heterocycles. The summed E-state index contributed by atoms with van der Waals surface area (Å²) in [5.74, 6) is -0.249. The quantitative estimate of drug-likeness (QED) is 0.884. The van der Waals surface area contributed by atoms with Gasteiger partial charge in [0.05, 0.1) is 12.6 Å². The van der Waals surface area contributed by atoms with Crippen LogP contribution >= 0.6 is 11.3 Å². The Hall–Kier alpha value is -1.39. The number of thiophene rings is 1. The average molecular weight is 305 g/mol. The summed E-state index contributed by atoms with van der Waals surface area (Å²) in [5.41, 5.74) is 2.28. The summed E-state index contributed by atoms with van der Waals surface area (Å²) in [4.78, 5) is 3.61. The van der Waals surface area contributed by atoms with E-state index in [-0.39, 0.29) is 5.82 Å². The Morgan fingerprint density at radius 1 is 1.43 bits per heavy atom. The minimum absolute atomic E-state index is 0.249. The minimum atomic E-state index is -0.667. The zero-order valence-corrected chi connectivity index (χ0v) is 13.2. The number of hydrogen-bond donors (Lipinski definition) is 1. The van der Waals surface area contributed by atoms with Crippen molar-refractivity contribution >= 4 is 17.0 Å². The van der Waals surface area contributed by atoms with Crippen LogP contribution in [0.15, 0.2) is 29.6 Å². The fraction of sp³-hybridized carbons (Fsp3) is 0.412. The molecule has 1 saturated carbocycles. The molecule has 1 aliphatic carbocycles. The van der Waals surface area contributed by atoms with E-state index in [1.807, 2.05) is 6.07 Å². The molecule has 0 bridgehead atoms. The lowest BCUT2D eigenvalue weighted by Gasteiger charge is -2.28. The molecule has 0 saturated heterocycles. The summed E-state index contributed by atoms with van der Waals surface area (Å²) in [6, 6.07) is 8.05. The Labute approximate surface area is 128 Å². The molecule has 0 radical (unpaired) electrons. The van der Waals surface area contributed by atoms with Gasteiger partial charge in [-0.25, -0.2) is 4.39 Å². The maximum absolute atomic E-state index is 13.8. The molecule has 0 amide bonds. The summed E-state index contributed by atoms with van der Waals surface area (Å²) in [6.45, 7) is 4.30. The van der Waals surface area contributed by atoms with Crippen molar-refractivity contribution in [3.05, 3.63) is 51.5 Å². The second-order valence-corrected chi connectivity index (χ2v) is 6.81. The van der Waals surface area contributed by atoms with Crippen molar-refractivity contribution in [3.63, 3.8) is 0 Å². The topological polar surface area (TPSA) is 23.5 Å². The smallest absolute Gasteiger partial charge is 0.126 e. The van der Waals surface area contributed by atoms with E-state index in [2.05, 4.69) is 22.4 Å². The second-order valence-electron chi connectivity index (χ2n) is 5.77. The van der Waals surface area contributed by atoms with Crippen LogP contribution in [0.5, 0.6) is 0 Å². The molecule has 112 valence electrons. The molecule has 1 N–H and O–H groups in total. The van der Waals surface area contributed by atoms with Gasteiger partial charge in [-0.05, 0) is 55.8 Å². The molecule has 0 aliphatic heterocycles. The molecule has 3 rings (SSSR count). The Balaban J connectivity index is 2.00. The van der Waals surface area contributed by atoms with Crippen LogP contribution < -0.4 is 4.90 Å². The largest absolute Gasteiger partial charge is 0.389 e. The number of hydrogen-bond acceptors (Lipinski definition) is 3. The van der Waals surface area contributed by atoms with E-state index >= 15 is 0 Å². The Morgan fingerprint density at radius 3 is 2.76 bits per heavy atom. The van der Waals surface area contributed by atoms with E-state index in [1.165, 1.54) is 23.8 Å². The first-order valence-corrected chi connectivity index (χ1v) is 8.21. The lowest BCUT2D eigenvalue weighted by molar-refractivity contribution is 0.199. The van der Waals surface area contributed by atoms with Crippen LogP contribution in [0.4, 0.5) is 10.1 Å². The van der Waals surface area contributed by atoms with Crippen LogP contribution in [0, 0.1) is 12.7 Å². The zero-order valence-electron chi connectivity index (χ0n) is 12.3. The van der Waals surface area contributed by atoms with Crippen LogP contribution in [0.2, 0.25) is 0 Å². The van der Waals surface area contributed by atoms with Crippen molar-refractivity contribution < 1.29 is 9.50 Å². The Kier molecular flexibility index (Phi) is 4.00. The molecule has 1 fully saturated rings. The average Bonchev–Trinajstić information content (AvgIpc) is 3.15. The predicted octanol–water partition coefficient (Wildman–Crippen LogP) is 4.42. The fourth-order valence-electron chi connectivity index (χ4n) is 2.63. The highest BCUT2D eigenvalue weighted by Gasteiger charge is 2.31. The van der Waals surface area contributed by atoms with Crippen LogP contribution in [-0.2, 0) is 6.54 Å². The van der Waals surface area contributed by atoms with Crippen molar-refractivity contribution in [2.75, 3.05) is 4.90 Å². The molecule has 1 aliphatic rings. The van der Waals surface area contributed by atoms with Gasteiger partial charge in [-0.15, -0.1) is 11.3 Å². The van der Waals surface area contributed by atoms with Crippen LogP contribution in [0.1, 0.15) is 41.9 Å². The molecule has 1 unspecified atom stereocenters. The summed E-state index contributed by atoms with van der Waals surface area (Å²) in [7, 11) is 0. The SMILES string of the molecule is Cc1cc(N(Cc2cccs2)C2CC2)c(C(C)O)cc1F. The number of halogens is 1. The molecular formula is C17H20FNOS. The molecule has 2 nitrogen and oxygen atoms in total. The molecule has 1 aromatic carbocycles. The third-order valence-corrected chi connectivity index (χ3v) is 4.82. The number of rotatable bonds is 5. The van der Waals surface area contributed by atoms with Crippen molar-refractivity contribution in [2.45, 2.75) is 45.4 Å².